The number of thiocarbonyl (C=S) groups is 1. The van der Waals surface area contributed by atoms with Crippen molar-refractivity contribution in [2.24, 2.45) is 0 Å². The van der Waals surface area contributed by atoms with Gasteiger partial charge >= 0.3 is 0 Å². The molecule has 2 fully saturated rings. The van der Waals surface area contributed by atoms with Gasteiger partial charge in [0.2, 0.25) is 5.91 Å². The Bertz CT molecular complexity index is 739. The minimum absolute atomic E-state index is 0.181. The number of thioether (sulfide) groups is 2. The van der Waals surface area contributed by atoms with Crippen LogP contribution in [0, 0.1) is 5.82 Å². The first-order valence-electron chi connectivity index (χ1n) is 7.50. The van der Waals surface area contributed by atoms with Gasteiger partial charge in [-0.3, -0.25) is 14.5 Å². The number of nitrogens with zero attached hydrogens (tertiary/aromatic N) is 1. The third-order valence-corrected chi connectivity index (χ3v) is 6.29. The molecule has 25 heavy (non-hydrogen) atoms. The van der Waals surface area contributed by atoms with Crippen LogP contribution in [0.3, 0.4) is 0 Å². The summed E-state index contributed by atoms with van der Waals surface area (Å²) in [5.74, 6) is 0.178. The topological polar surface area (TPSA) is 69.6 Å². The minimum Gasteiger partial charge on any atom is -0.390 e. The quantitative estimate of drug-likeness (QED) is 0.593. The van der Waals surface area contributed by atoms with Crippen molar-refractivity contribution in [1.82, 2.24) is 10.2 Å². The van der Waals surface area contributed by atoms with Crippen molar-refractivity contribution >= 4 is 58.0 Å². The Morgan fingerprint density at radius 1 is 1.40 bits per heavy atom. The van der Waals surface area contributed by atoms with Gasteiger partial charge in [0.25, 0.3) is 5.91 Å². The summed E-state index contributed by atoms with van der Waals surface area (Å²) in [5.41, 5.74) is 0.678. The van der Waals surface area contributed by atoms with Gasteiger partial charge in [0.05, 0.1) is 17.1 Å². The highest BCUT2D eigenvalue weighted by atomic mass is 32.2. The Labute approximate surface area is 158 Å². The zero-order valence-electron chi connectivity index (χ0n) is 13.0. The van der Waals surface area contributed by atoms with Crippen LogP contribution in [0.4, 0.5) is 4.39 Å². The second-order valence-corrected chi connectivity index (χ2v) is 8.35. The zero-order valence-corrected chi connectivity index (χ0v) is 15.4. The van der Waals surface area contributed by atoms with E-state index in [2.05, 4.69) is 5.32 Å². The van der Waals surface area contributed by atoms with Gasteiger partial charge in [0.15, 0.2) is 0 Å². The van der Waals surface area contributed by atoms with E-state index < -0.39 is 6.10 Å². The summed E-state index contributed by atoms with van der Waals surface area (Å²) in [6, 6.07) is 5.45. The number of aliphatic hydroxyl groups excluding tert-OH is 1. The van der Waals surface area contributed by atoms with Crippen LogP contribution in [0.15, 0.2) is 29.2 Å². The lowest BCUT2D eigenvalue weighted by molar-refractivity contribution is -0.129. The van der Waals surface area contributed by atoms with Crippen molar-refractivity contribution in [2.45, 2.75) is 12.1 Å². The summed E-state index contributed by atoms with van der Waals surface area (Å²) in [4.78, 5) is 26.2. The van der Waals surface area contributed by atoms with Gasteiger partial charge in [0, 0.05) is 11.5 Å². The maximum Gasteiger partial charge on any atom is 0.266 e. The van der Waals surface area contributed by atoms with E-state index in [1.807, 2.05) is 0 Å². The van der Waals surface area contributed by atoms with E-state index in [0.29, 0.717) is 26.3 Å². The normalized spacial score (nSPS) is 25.0. The number of carbonyl (C=O) groups excluding carboxylic acids is 2. The Balaban J connectivity index is 1.64. The van der Waals surface area contributed by atoms with Gasteiger partial charge in [-0.1, -0.05) is 36.1 Å². The molecule has 0 saturated carbocycles. The second kappa shape index (κ2) is 7.86. The molecule has 2 N–H and O–H groups in total. The maximum atomic E-state index is 13.0. The van der Waals surface area contributed by atoms with Crippen LogP contribution in [-0.2, 0) is 9.59 Å². The number of halogens is 1. The molecule has 0 spiro atoms. The lowest BCUT2D eigenvalue weighted by Crippen LogP contribution is -2.47. The van der Waals surface area contributed by atoms with E-state index >= 15 is 0 Å². The van der Waals surface area contributed by atoms with Crippen molar-refractivity contribution in [3.8, 4) is 0 Å². The molecule has 2 heterocycles. The number of carbonyl (C=O) groups is 2. The minimum atomic E-state index is -0.571. The second-order valence-electron chi connectivity index (χ2n) is 5.60. The largest absolute Gasteiger partial charge is 0.390 e. The average molecular weight is 399 g/mol. The number of benzene rings is 1. The molecule has 2 amide bonds. The molecule has 1 aromatic rings. The first-order valence-corrected chi connectivity index (χ1v) is 9.88. The van der Waals surface area contributed by atoms with Crippen LogP contribution in [0.5, 0.6) is 0 Å². The monoisotopic (exact) mass is 398 g/mol. The maximum absolute atomic E-state index is 13.0. The van der Waals surface area contributed by atoms with Gasteiger partial charge in [0.1, 0.15) is 16.7 Å². The van der Waals surface area contributed by atoms with Crippen molar-refractivity contribution in [1.29, 1.82) is 0 Å². The van der Waals surface area contributed by atoms with Crippen molar-refractivity contribution in [2.75, 3.05) is 18.1 Å². The molecule has 2 aliphatic rings. The highest BCUT2D eigenvalue weighted by molar-refractivity contribution is 8.26. The van der Waals surface area contributed by atoms with E-state index in [1.54, 1.807) is 30.0 Å². The van der Waals surface area contributed by atoms with E-state index in [-0.39, 0.29) is 30.2 Å². The van der Waals surface area contributed by atoms with Crippen LogP contribution >= 0.6 is 35.7 Å². The fourth-order valence-corrected chi connectivity index (χ4v) is 4.85. The van der Waals surface area contributed by atoms with E-state index in [0.717, 1.165) is 11.8 Å². The third kappa shape index (κ3) is 4.41. The number of amides is 2. The zero-order chi connectivity index (χ0) is 18.0. The molecule has 2 aliphatic heterocycles. The van der Waals surface area contributed by atoms with Crippen molar-refractivity contribution in [3.63, 3.8) is 0 Å². The molecular weight excluding hydrogens is 383 g/mol. The SMILES string of the molecule is O=C(CN1C(=O)/C(=C/c2ccc(F)cc2)SC1=S)N[C@@H]1CSC[C@H]1O. The van der Waals surface area contributed by atoms with Crippen molar-refractivity contribution < 1.29 is 19.1 Å². The molecule has 0 aliphatic carbocycles. The highest BCUT2D eigenvalue weighted by Gasteiger charge is 2.34. The van der Waals surface area contributed by atoms with Crippen LogP contribution in [0.1, 0.15) is 5.56 Å². The van der Waals surface area contributed by atoms with Gasteiger partial charge in [-0.2, -0.15) is 11.8 Å². The molecule has 0 aromatic heterocycles. The molecule has 2 atom stereocenters. The number of hydrogen-bond acceptors (Lipinski definition) is 6. The first-order chi connectivity index (χ1) is 11.9. The number of nitrogens with one attached hydrogen (secondary N) is 1. The molecule has 5 nitrogen and oxygen atoms in total. The van der Waals surface area contributed by atoms with Crippen LogP contribution in [0.2, 0.25) is 0 Å². The smallest absolute Gasteiger partial charge is 0.266 e. The Morgan fingerprint density at radius 3 is 2.76 bits per heavy atom. The molecular formula is C16H15FN2O3S3. The summed E-state index contributed by atoms with van der Waals surface area (Å²) in [6.07, 6.45) is 1.05. The molecule has 9 heteroatoms. The summed E-state index contributed by atoms with van der Waals surface area (Å²) >= 11 is 7.87. The van der Waals surface area contributed by atoms with Gasteiger partial charge in [-0.05, 0) is 23.8 Å². The Kier molecular flexibility index (Phi) is 5.78. The molecule has 0 unspecified atom stereocenters. The van der Waals surface area contributed by atoms with E-state index in [1.165, 1.54) is 17.0 Å². The first kappa shape index (κ1) is 18.4. The number of rotatable bonds is 4. The predicted octanol–water partition coefficient (Wildman–Crippen LogP) is 1.62. The third-order valence-electron chi connectivity index (χ3n) is 3.74. The molecule has 2 saturated heterocycles. The summed E-state index contributed by atoms with van der Waals surface area (Å²) in [6.45, 7) is -0.181. The fourth-order valence-electron chi connectivity index (χ4n) is 2.42. The van der Waals surface area contributed by atoms with E-state index in [4.69, 9.17) is 12.2 Å². The summed E-state index contributed by atoms with van der Waals surface area (Å²) in [7, 11) is 0. The van der Waals surface area contributed by atoms with Gasteiger partial charge in [-0.15, -0.1) is 0 Å². The molecule has 0 radical (unpaired) electrons. The van der Waals surface area contributed by atoms with Crippen LogP contribution < -0.4 is 5.32 Å². The Hall–Kier alpha value is -1.42. The number of aliphatic hydroxyl groups is 1. The number of hydrogen-bond donors (Lipinski definition) is 2. The van der Waals surface area contributed by atoms with Crippen LogP contribution in [0.25, 0.3) is 6.08 Å². The lowest BCUT2D eigenvalue weighted by atomic mass is 10.2. The molecule has 1 aromatic carbocycles. The summed E-state index contributed by atoms with van der Waals surface area (Å²) < 4.78 is 13.3. The highest BCUT2D eigenvalue weighted by Crippen LogP contribution is 2.32. The summed E-state index contributed by atoms with van der Waals surface area (Å²) in [5, 5.41) is 12.5. The molecule has 132 valence electrons. The van der Waals surface area contributed by atoms with E-state index in [9.17, 15) is 19.1 Å². The standard InChI is InChI=1S/C16H15FN2O3S3/c17-10-3-1-9(2-4-10)5-13-15(22)19(16(23)25-13)6-14(21)18-11-7-24-8-12(11)20/h1-5,11-12,20H,6-8H2,(H,18,21)/b13-5-/t11-,12-/m1/s1. The molecule has 3 rings (SSSR count). The molecule has 0 bridgehead atoms. The lowest BCUT2D eigenvalue weighted by Gasteiger charge is -2.18. The fraction of sp³-hybridized carbons (Fsp3) is 0.312. The predicted molar refractivity (Wildman–Crippen MR) is 102 cm³/mol. The average Bonchev–Trinajstić information content (AvgIpc) is 3.08. The Morgan fingerprint density at radius 2 is 2.12 bits per heavy atom. The van der Waals surface area contributed by atoms with Crippen molar-refractivity contribution in [3.05, 3.63) is 40.6 Å². The van der Waals surface area contributed by atoms with Crippen LogP contribution in [-0.4, -0.2) is 56.3 Å². The van der Waals surface area contributed by atoms with Gasteiger partial charge in [-0.25, -0.2) is 4.39 Å². The van der Waals surface area contributed by atoms with Gasteiger partial charge < -0.3 is 10.4 Å².